The number of carbonyl (C=O) groups excluding carboxylic acids is 2. The van der Waals surface area contributed by atoms with Gasteiger partial charge in [-0.05, 0) is 66.7 Å². The number of hydrogen-bond donors (Lipinski definition) is 4. The number of carbonyl (C=O) groups is 2. The second kappa shape index (κ2) is 16.9. The Hall–Kier alpha value is -4.42. The molecule has 12 heteroatoms. The molecule has 4 rings (SSSR count). The van der Waals surface area contributed by atoms with Gasteiger partial charge in [-0.25, -0.2) is 4.39 Å². The van der Waals surface area contributed by atoms with Crippen molar-refractivity contribution in [1.82, 2.24) is 15.1 Å². The zero-order valence-corrected chi connectivity index (χ0v) is 28.4. The molecule has 0 bridgehead atoms. The van der Waals surface area contributed by atoms with Gasteiger partial charge in [-0.15, -0.1) is 0 Å². The van der Waals surface area contributed by atoms with Gasteiger partial charge >= 0.3 is 0 Å². The standard InChI is InChI=1S/C35H45FN8O2S/c1-24(2)33-21-42(20-25-7-6-8-27(17-25)47-28-10-12-31(30(36)19-28)41-22-38-3)15-16-44(33)26-9-11-29(32(18-26)39-4)35(37)43(23-45)14-13-34(46)40-5/h6-12,17-19,23-24,33,37,39,41H,3,13-16,20-22H2,1-2,4-5H3,(H,40,46). The molecular formula is C35H45FN8O2S. The molecule has 0 aromatic heterocycles. The Morgan fingerprint density at radius 1 is 1.13 bits per heavy atom. The summed E-state index contributed by atoms with van der Waals surface area (Å²) in [5.74, 6) is -0.0673. The van der Waals surface area contributed by atoms with Crippen LogP contribution in [0.4, 0.5) is 21.5 Å². The number of halogens is 1. The molecule has 4 N–H and O–H groups in total. The smallest absolute Gasteiger partial charge is 0.221 e. The normalized spacial score (nSPS) is 14.9. The minimum absolute atomic E-state index is 0.0469. The monoisotopic (exact) mass is 660 g/mol. The predicted octanol–water partition coefficient (Wildman–Crippen LogP) is 5.36. The lowest BCUT2D eigenvalue weighted by molar-refractivity contribution is -0.121. The molecule has 3 aromatic carbocycles. The molecule has 1 saturated heterocycles. The first-order chi connectivity index (χ1) is 22.7. The molecule has 250 valence electrons. The number of anilines is 3. The van der Waals surface area contributed by atoms with E-state index in [0.29, 0.717) is 23.6 Å². The fourth-order valence-corrected chi connectivity index (χ4v) is 6.62. The Labute approximate surface area is 281 Å². The van der Waals surface area contributed by atoms with Crippen molar-refractivity contribution in [2.75, 3.05) is 62.5 Å². The van der Waals surface area contributed by atoms with E-state index in [2.05, 4.69) is 69.5 Å². The molecule has 1 fully saturated rings. The van der Waals surface area contributed by atoms with E-state index in [1.54, 1.807) is 20.2 Å². The average Bonchev–Trinajstić information content (AvgIpc) is 3.07. The van der Waals surface area contributed by atoms with Gasteiger partial charge in [0.25, 0.3) is 0 Å². The number of benzene rings is 3. The van der Waals surface area contributed by atoms with Crippen molar-refractivity contribution in [3.8, 4) is 0 Å². The molecule has 47 heavy (non-hydrogen) atoms. The van der Waals surface area contributed by atoms with Crippen LogP contribution in [-0.4, -0.2) is 87.7 Å². The van der Waals surface area contributed by atoms with E-state index < -0.39 is 0 Å². The van der Waals surface area contributed by atoms with Crippen LogP contribution >= 0.6 is 11.8 Å². The lowest BCUT2D eigenvalue weighted by Gasteiger charge is -2.45. The topological polar surface area (TPSA) is 116 Å². The van der Waals surface area contributed by atoms with E-state index in [0.717, 1.165) is 47.3 Å². The van der Waals surface area contributed by atoms with Gasteiger partial charge in [0.15, 0.2) is 0 Å². The average molecular weight is 661 g/mol. The molecule has 3 aromatic rings. The highest BCUT2D eigenvalue weighted by molar-refractivity contribution is 7.99. The Bertz CT molecular complexity index is 1570. The summed E-state index contributed by atoms with van der Waals surface area (Å²) in [5, 5.41) is 17.3. The number of nitrogens with zero attached hydrogens (tertiary/aromatic N) is 4. The molecule has 0 spiro atoms. The van der Waals surface area contributed by atoms with Crippen molar-refractivity contribution in [1.29, 1.82) is 5.41 Å². The van der Waals surface area contributed by atoms with E-state index in [4.69, 9.17) is 5.41 Å². The third-order valence-electron chi connectivity index (χ3n) is 8.27. The molecule has 0 radical (unpaired) electrons. The quantitative estimate of drug-likeness (QED) is 0.0987. The zero-order valence-electron chi connectivity index (χ0n) is 27.6. The molecular weight excluding hydrogens is 616 g/mol. The highest BCUT2D eigenvalue weighted by Crippen LogP contribution is 2.32. The van der Waals surface area contributed by atoms with Gasteiger partial charge in [0.05, 0.1) is 5.69 Å². The van der Waals surface area contributed by atoms with Gasteiger partial charge < -0.3 is 20.9 Å². The van der Waals surface area contributed by atoms with E-state index in [-0.39, 0.29) is 43.2 Å². The Morgan fingerprint density at radius 3 is 2.60 bits per heavy atom. The second-order valence-corrected chi connectivity index (χ2v) is 12.9. The molecule has 0 aliphatic carbocycles. The first-order valence-electron chi connectivity index (χ1n) is 15.7. The number of aliphatic imine (C=N–C) groups is 1. The fourth-order valence-electron chi connectivity index (χ4n) is 5.69. The van der Waals surface area contributed by atoms with Gasteiger partial charge in [-0.2, -0.15) is 0 Å². The molecule has 1 aliphatic rings. The molecule has 0 saturated carbocycles. The van der Waals surface area contributed by atoms with Crippen molar-refractivity contribution in [2.24, 2.45) is 10.9 Å². The highest BCUT2D eigenvalue weighted by atomic mass is 32.2. The first-order valence-corrected chi connectivity index (χ1v) is 16.5. The van der Waals surface area contributed by atoms with Crippen molar-refractivity contribution in [2.45, 2.75) is 42.6 Å². The van der Waals surface area contributed by atoms with Crippen LogP contribution in [0.2, 0.25) is 0 Å². The minimum atomic E-state index is -0.317. The number of amides is 2. The van der Waals surface area contributed by atoms with E-state index in [1.165, 1.54) is 28.3 Å². The number of rotatable bonds is 15. The van der Waals surface area contributed by atoms with Crippen LogP contribution in [0.5, 0.6) is 0 Å². The number of nitrogens with one attached hydrogen (secondary N) is 4. The molecule has 1 atom stereocenters. The van der Waals surface area contributed by atoms with Crippen LogP contribution < -0.4 is 20.9 Å². The minimum Gasteiger partial charge on any atom is -0.387 e. The summed E-state index contributed by atoms with van der Waals surface area (Å²) in [7, 11) is 3.35. The summed E-state index contributed by atoms with van der Waals surface area (Å²) in [6.07, 6.45) is 0.717. The van der Waals surface area contributed by atoms with Gasteiger partial charge in [0.2, 0.25) is 12.3 Å². The molecule has 1 unspecified atom stereocenters. The van der Waals surface area contributed by atoms with Gasteiger partial charge in [-0.3, -0.25) is 29.8 Å². The van der Waals surface area contributed by atoms with Crippen molar-refractivity contribution < 1.29 is 14.0 Å². The third kappa shape index (κ3) is 9.32. The zero-order chi connectivity index (χ0) is 33.9. The summed E-state index contributed by atoms with van der Waals surface area (Å²) >= 11 is 1.54. The van der Waals surface area contributed by atoms with Crippen LogP contribution in [0, 0.1) is 17.1 Å². The summed E-state index contributed by atoms with van der Waals surface area (Å²) < 4.78 is 14.5. The SMILES string of the molecule is C=NCNc1ccc(Sc2cccc(CN3CCN(c4ccc(C(=N)N(C=O)CCC(=O)NC)c(NC)c4)C(C(C)C)C3)c2)cc1F. The molecule has 1 heterocycles. The van der Waals surface area contributed by atoms with Crippen molar-refractivity contribution in [3.05, 3.63) is 77.6 Å². The molecule has 2 amide bonds. The molecule has 10 nitrogen and oxygen atoms in total. The van der Waals surface area contributed by atoms with Crippen molar-refractivity contribution >= 4 is 53.7 Å². The van der Waals surface area contributed by atoms with Crippen molar-refractivity contribution in [3.63, 3.8) is 0 Å². The Balaban J connectivity index is 1.43. The number of amidine groups is 1. The van der Waals surface area contributed by atoms with Gasteiger partial charge in [0, 0.05) is 86.0 Å². The van der Waals surface area contributed by atoms with E-state index in [9.17, 15) is 14.0 Å². The maximum Gasteiger partial charge on any atom is 0.221 e. The maximum absolute atomic E-state index is 14.5. The van der Waals surface area contributed by atoms with Crippen LogP contribution in [-0.2, 0) is 16.1 Å². The summed E-state index contributed by atoms with van der Waals surface area (Å²) in [4.78, 5) is 35.2. The molecule has 1 aliphatic heterocycles. The van der Waals surface area contributed by atoms with Crippen LogP contribution in [0.15, 0.2) is 75.4 Å². The maximum atomic E-state index is 14.5. The predicted molar refractivity (Wildman–Crippen MR) is 191 cm³/mol. The van der Waals surface area contributed by atoms with Crippen LogP contribution in [0.25, 0.3) is 0 Å². The van der Waals surface area contributed by atoms with Crippen LogP contribution in [0.3, 0.4) is 0 Å². The lowest BCUT2D eigenvalue weighted by atomic mass is 9.97. The van der Waals surface area contributed by atoms with Gasteiger partial charge in [-0.1, -0.05) is 37.7 Å². The summed E-state index contributed by atoms with van der Waals surface area (Å²) in [6.45, 7) is 11.7. The van der Waals surface area contributed by atoms with Crippen LogP contribution in [0.1, 0.15) is 31.4 Å². The highest BCUT2D eigenvalue weighted by Gasteiger charge is 2.30. The first kappa shape index (κ1) is 35.4. The Morgan fingerprint density at radius 2 is 1.91 bits per heavy atom. The summed E-state index contributed by atoms with van der Waals surface area (Å²) in [6, 6.07) is 19.8. The summed E-state index contributed by atoms with van der Waals surface area (Å²) in [5.41, 5.74) is 4.01. The van der Waals surface area contributed by atoms with Gasteiger partial charge in [0.1, 0.15) is 18.3 Å². The third-order valence-corrected chi connectivity index (χ3v) is 9.25. The largest absolute Gasteiger partial charge is 0.387 e. The fraction of sp³-hybridized carbons (Fsp3) is 0.371. The van der Waals surface area contributed by atoms with E-state index >= 15 is 0 Å². The number of piperazine rings is 1. The second-order valence-electron chi connectivity index (χ2n) is 11.7. The number of hydrogen-bond acceptors (Lipinski definition) is 9. The van der Waals surface area contributed by atoms with E-state index in [1.807, 2.05) is 30.3 Å². The Kier molecular flexibility index (Phi) is 12.8. The lowest BCUT2D eigenvalue weighted by Crippen LogP contribution is -2.55.